The van der Waals surface area contributed by atoms with Gasteiger partial charge in [-0.25, -0.2) is 0 Å². The molecule has 100 valence electrons. The Morgan fingerprint density at radius 2 is 2.06 bits per heavy atom. The number of nitrogens with zero attached hydrogens (tertiary/aromatic N) is 1. The third-order valence-corrected chi connectivity index (χ3v) is 3.59. The summed E-state index contributed by atoms with van der Waals surface area (Å²) >= 11 is 0. The van der Waals surface area contributed by atoms with Crippen molar-refractivity contribution < 1.29 is 4.79 Å². The van der Waals surface area contributed by atoms with Crippen LogP contribution < -0.4 is 10.6 Å². The summed E-state index contributed by atoms with van der Waals surface area (Å²) in [4.78, 5) is 14.0. The van der Waals surface area contributed by atoms with Gasteiger partial charge in [-0.1, -0.05) is 6.92 Å². The molecule has 1 aliphatic heterocycles. The number of carbonyl (C=O) groups is 1. The van der Waals surface area contributed by atoms with E-state index in [9.17, 15) is 4.79 Å². The van der Waals surface area contributed by atoms with Crippen LogP contribution in [0.5, 0.6) is 0 Å². The van der Waals surface area contributed by atoms with Gasteiger partial charge in [0.15, 0.2) is 0 Å². The predicted octanol–water partition coefficient (Wildman–Crippen LogP) is 0.833. The number of rotatable bonds is 6. The van der Waals surface area contributed by atoms with Gasteiger partial charge in [0.2, 0.25) is 5.91 Å². The summed E-state index contributed by atoms with van der Waals surface area (Å²) in [5.41, 5.74) is 0. The quantitative estimate of drug-likeness (QED) is 0.724. The highest BCUT2D eigenvalue weighted by Crippen LogP contribution is 2.15. The minimum Gasteiger partial charge on any atom is -0.353 e. The Balaban J connectivity index is 2.19. The van der Waals surface area contributed by atoms with Crippen molar-refractivity contribution >= 4 is 5.91 Å². The number of piperidine rings is 1. The van der Waals surface area contributed by atoms with Crippen molar-refractivity contribution in [2.75, 3.05) is 33.2 Å². The molecule has 0 aromatic rings. The maximum Gasteiger partial charge on any atom is 0.234 e. The van der Waals surface area contributed by atoms with Crippen LogP contribution in [0.15, 0.2) is 0 Å². The molecule has 1 atom stereocenters. The topological polar surface area (TPSA) is 44.4 Å². The van der Waals surface area contributed by atoms with Crippen LogP contribution in [0.25, 0.3) is 0 Å². The standard InChI is InChI=1S/C13H27N3O/c1-4-11(2)15-13(17)10-16-7-5-12(6-8-16)9-14-3/h11-12,14H,4-10H2,1-3H3,(H,15,17). The molecule has 0 spiro atoms. The van der Waals surface area contributed by atoms with Crippen molar-refractivity contribution in [3.05, 3.63) is 0 Å². The first-order valence-electron chi connectivity index (χ1n) is 6.82. The molecule has 4 heteroatoms. The SMILES string of the molecule is CCC(C)NC(=O)CN1CCC(CNC)CC1. The fraction of sp³-hybridized carbons (Fsp3) is 0.923. The van der Waals surface area contributed by atoms with E-state index < -0.39 is 0 Å². The molecule has 1 amide bonds. The number of nitrogens with one attached hydrogen (secondary N) is 2. The van der Waals surface area contributed by atoms with Crippen molar-refractivity contribution in [1.82, 2.24) is 15.5 Å². The summed E-state index contributed by atoms with van der Waals surface area (Å²) in [5.74, 6) is 0.959. The first-order chi connectivity index (χ1) is 8.15. The van der Waals surface area contributed by atoms with Crippen molar-refractivity contribution in [2.24, 2.45) is 5.92 Å². The lowest BCUT2D eigenvalue weighted by Gasteiger charge is -2.31. The Bertz CT molecular complexity index is 225. The molecular weight excluding hydrogens is 214 g/mol. The van der Waals surface area contributed by atoms with Crippen molar-refractivity contribution in [2.45, 2.75) is 39.2 Å². The maximum atomic E-state index is 11.7. The third kappa shape index (κ3) is 5.50. The predicted molar refractivity (Wildman–Crippen MR) is 71.0 cm³/mol. The van der Waals surface area contributed by atoms with Gasteiger partial charge in [-0.05, 0) is 58.8 Å². The van der Waals surface area contributed by atoms with Gasteiger partial charge in [0, 0.05) is 6.04 Å². The van der Waals surface area contributed by atoms with Gasteiger partial charge < -0.3 is 10.6 Å². The Labute approximate surface area is 105 Å². The summed E-state index contributed by atoms with van der Waals surface area (Å²) in [6.07, 6.45) is 3.41. The minimum absolute atomic E-state index is 0.173. The fourth-order valence-corrected chi connectivity index (χ4v) is 2.26. The van der Waals surface area contributed by atoms with Gasteiger partial charge in [-0.2, -0.15) is 0 Å². The monoisotopic (exact) mass is 241 g/mol. The summed E-state index contributed by atoms with van der Waals surface area (Å²) in [6.45, 7) is 7.93. The van der Waals surface area contributed by atoms with Gasteiger partial charge in [0.1, 0.15) is 0 Å². The van der Waals surface area contributed by atoms with Gasteiger partial charge >= 0.3 is 0 Å². The normalized spacial score (nSPS) is 20.2. The van der Waals surface area contributed by atoms with E-state index in [1.807, 2.05) is 7.05 Å². The highest BCUT2D eigenvalue weighted by molar-refractivity contribution is 5.78. The third-order valence-electron chi connectivity index (χ3n) is 3.59. The van der Waals surface area contributed by atoms with Crippen LogP contribution in [-0.2, 0) is 4.79 Å². The molecule has 0 saturated carbocycles. The minimum atomic E-state index is 0.173. The molecule has 1 aliphatic rings. The fourth-order valence-electron chi connectivity index (χ4n) is 2.26. The highest BCUT2D eigenvalue weighted by Gasteiger charge is 2.20. The smallest absolute Gasteiger partial charge is 0.234 e. The molecule has 0 aromatic heterocycles. The summed E-state index contributed by atoms with van der Waals surface area (Å²) in [5, 5.41) is 6.25. The van der Waals surface area contributed by atoms with E-state index in [-0.39, 0.29) is 5.91 Å². The average Bonchev–Trinajstić information content (AvgIpc) is 2.31. The maximum absolute atomic E-state index is 11.7. The van der Waals surface area contributed by atoms with Crippen LogP contribution in [-0.4, -0.2) is 50.1 Å². The van der Waals surface area contributed by atoms with Crippen LogP contribution in [0.2, 0.25) is 0 Å². The van der Waals surface area contributed by atoms with Gasteiger partial charge in [0.05, 0.1) is 6.54 Å². The second-order valence-electron chi connectivity index (χ2n) is 5.15. The van der Waals surface area contributed by atoms with Gasteiger partial charge in [-0.15, -0.1) is 0 Å². The molecule has 17 heavy (non-hydrogen) atoms. The van der Waals surface area contributed by atoms with Gasteiger partial charge in [-0.3, -0.25) is 9.69 Å². The Morgan fingerprint density at radius 1 is 1.41 bits per heavy atom. The molecule has 1 unspecified atom stereocenters. The van der Waals surface area contributed by atoms with Crippen molar-refractivity contribution in [3.63, 3.8) is 0 Å². The Morgan fingerprint density at radius 3 is 2.59 bits per heavy atom. The first kappa shape index (κ1) is 14.5. The number of carbonyl (C=O) groups excluding carboxylic acids is 1. The van der Waals surface area contributed by atoms with E-state index >= 15 is 0 Å². The summed E-state index contributed by atoms with van der Waals surface area (Å²) < 4.78 is 0. The number of hydrogen-bond donors (Lipinski definition) is 2. The van der Waals surface area contributed by atoms with Crippen LogP contribution >= 0.6 is 0 Å². The molecule has 1 fully saturated rings. The largest absolute Gasteiger partial charge is 0.353 e. The van der Waals surface area contributed by atoms with E-state index in [0.29, 0.717) is 12.6 Å². The van der Waals surface area contributed by atoms with Crippen LogP contribution in [0.3, 0.4) is 0 Å². The zero-order valence-electron chi connectivity index (χ0n) is 11.5. The Hall–Kier alpha value is -0.610. The van der Waals surface area contributed by atoms with E-state index in [1.165, 1.54) is 12.8 Å². The number of amides is 1. The molecular formula is C13H27N3O. The van der Waals surface area contributed by atoms with Crippen molar-refractivity contribution in [3.8, 4) is 0 Å². The van der Waals surface area contributed by atoms with Crippen LogP contribution in [0, 0.1) is 5.92 Å². The molecule has 1 saturated heterocycles. The zero-order chi connectivity index (χ0) is 12.7. The molecule has 0 aromatic carbocycles. The number of hydrogen-bond acceptors (Lipinski definition) is 3. The molecule has 4 nitrogen and oxygen atoms in total. The lowest BCUT2D eigenvalue weighted by Crippen LogP contribution is -2.44. The summed E-state index contributed by atoms with van der Waals surface area (Å²) in [6, 6.07) is 0.296. The van der Waals surface area contributed by atoms with E-state index in [1.54, 1.807) is 0 Å². The lowest BCUT2D eigenvalue weighted by atomic mass is 9.97. The highest BCUT2D eigenvalue weighted by atomic mass is 16.2. The average molecular weight is 241 g/mol. The zero-order valence-corrected chi connectivity index (χ0v) is 11.5. The van der Waals surface area contributed by atoms with E-state index in [0.717, 1.165) is 32.0 Å². The molecule has 0 bridgehead atoms. The molecule has 2 N–H and O–H groups in total. The van der Waals surface area contributed by atoms with E-state index in [4.69, 9.17) is 0 Å². The first-order valence-corrected chi connectivity index (χ1v) is 6.82. The van der Waals surface area contributed by atoms with Crippen LogP contribution in [0.1, 0.15) is 33.1 Å². The van der Waals surface area contributed by atoms with Crippen LogP contribution in [0.4, 0.5) is 0 Å². The summed E-state index contributed by atoms with van der Waals surface area (Å²) in [7, 11) is 2.01. The van der Waals surface area contributed by atoms with Crippen molar-refractivity contribution in [1.29, 1.82) is 0 Å². The van der Waals surface area contributed by atoms with E-state index in [2.05, 4.69) is 29.4 Å². The number of likely N-dealkylation sites (tertiary alicyclic amines) is 1. The second-order valence-corrected chi connectivity index (χ2v) is 5.15. The molecule has 0 radical (unpaired) electrons. The Kier molecular flexibility index (Phi) is 6.52. The molecule has 0 aliphatic carbocycles. The lowest BCUT2D eigenvalue weighted by molar-refractivity contribution is -0.123. The molecule has 1 rings (SSSR count). The second kappa shape index (κ2) is 7.67. The van der Waals surface area contributed by atoms with Gasteiger partial charge in [0.25, 0.3) is 0 Å². The molecule has 1 heterocycles.